The normalized spacial score (nSPS) is 17.6. The molecule has 0 saturated carbocycles. The molecule has 0 fully saturated rings. The number of anilines is 1. The Kier molecular flexibility index (Phi) is 5.66. The highest BCUT2D eigenvalue weighted by Crippen LogP contribution is 2.29. The lowest BCUT2D eigenvalue weighted by Crippen LogP contribution is -2.49. The number of benzene rings is 2. The van der Waals surface area contributed by atoms with Crippen LogP contribution >= 0.6 is 0 Å². The number of aryl methyl sites for hydroxylation is 1. The summed E-state index contributed by atoms with van der Waals surface area (Å²) in [6.07, 6.45) is 4.43. The second-order valence-electron chi connectivity index (χ2n) is 8.72. The van der Waals surface area contributed by atoms with Gasteiger partial charge in [0, 0.05) is 38.5 Å². The number of amides is 2. The highest BCUT2D eigenvalue weighted by molar-refractivity contribution is 5.97. The molecule has 0 radical (unpaired) electrons. The van der Waals surface area contributed by atoms with E-state index in [1.807, 2.05) is 28.8 Å². The number of nitrogens with zero attached hydrogens (tertiary/aromatic N) is 4. The molecule has 1 aromatic heterocycles. The van der Waals surface area contributed by atoms with E-state index in [2.05, 4.69) is 15.5 Å². The molecule has 1 atom stereocenters. The van der Waals surface area contributed by atoms with Gasteiger partial charge < -0.3 is 14.8 Å². The van der Waals surface area contributed by atoms with Crippen molar-refractivity contribution in [3.05, 3.63) is 65.2 Å². The molecule has 2 aliphatic rings. The lowest BCUT2D eigenvalue weighted by atomic mass is 9.93. The molecule has 2 amide bonds. The Labute approximate surface area is 191 Å². The van der Waals surface area contributed by atoms with E-state index in [0.29, 0.717) is 30.0 Å². The predicted molar refractivity (Wildman–Crippen MR) is 122 cm³/mol. The second-order valence-corrected chi connectivity index (χ2v) is 8.72. The van der Waals surface area contributed by atoms with Gasteiger partial charge in [0.05, 0.1) is 5.56 Å². The summed E-state index contributed by atoms with van der Waals surface area (Å²) in [6, 6.07) is 11.7. The van der Waals surface area contributed by atoms with Gasteiger partial charge in [-0.05, 0) is 42.2 Å². The van der Waals surface area contributed by atoms with Crippen LogP contribution in [0, 0.1) is 5.82 Å². The van der Waals surface area contributed by atoms with Gasteiger partial charge in [-0.3, -0.25) is 9.59 Å². The van der Waals surface area contributed by atoms with Gasteiger partial charge in [-0.2, -0.15) is 0 Å². The Morgan fingerprint density at radius 3 is 2.70 bits per heavy atom. The summed E-state index contributed by atoms with van der Waals surface area (Å²) in [7, 11) is 0. The van der Waals surface area contributed by atoms with Crippen LogP contribution in [-0.2, 0) is 35.5 Å². The van der Waals surface area contributed by atoms with E-state index in [1.165, 1.54) is 19.1 Å². The van der Waals surface area contributed by atoms with Crippen LogP contribution in [-0.4, -0.2) is 37.5 Å². The number of hydrogen-bond donors (Lipinski definition) is 1. The maximum atomic E-state index is 14.8. The summed E-state index contributed by atoms with van der Waals surface area (Å²) < 4.78 is 16.8. The predicted octanol–water partition coefficient (Wildman–Crippen LogP) is 3.72. The van der Waals surface area contributed by atoms with Gasteiger partial charge in [0.2, 0.25) is 11.8 Å². The summed E-state index contributed by atoms with van der Waals surface area (Å²) in [6.45, 7) is 2.62. The molecule has 1 unspecified atom stereocenters. The second kappa shape index (κ2) is 8.77. The van der Waals surface area contributed by atoms with Gasteiger partial charge in [-0.25, -0.2) is 4.39 Å². The molecule has 3 aromatic rings. The van der Waals surface area contributed by atoms with Crippen molar-refractivity contribution in [2.24, 2.45) is 0 Å². The molecule has 3 heterocycles. The smallest absolute Gasteiger partial charge is 0.247 e. The number of nitrogens with one attached hydrogen (secondary N) is 1. The molecule has 0 spiro atoms. The fourth-order valence-electron chi connectivity index (χ4n) is 4.77. The Balaban J connectivity index is 1.42. The number of hydrogen-bond acceptors (Lipinski definition) is 4. The van der Waals surface area contributed by atoms with Gasteiger partial charge in [0.15, 0.2) is 5.82 Å². The molecular weight excluding hydrogens is 421 g/mol. The average molecular weight is 448 g/mol. The van der Waals surface area contributed by atoms with Crippen LogP contribution < -0.4 is 5.32 Å². The lowest BCUT2D eigenvalue weighted by molar-refractivity contribution is -0.138. The number of halogens is 1. The molecule has 33 heavy (non-hydrogen) atoms. The standard InChI is InChI=1S/C25H26FN5O2/c1-16(32)31-15-18-8-5-4-7-17(18)13-22(31)25(33)27-19-10-11-21(26)20(14-19)24-29-28-23-9-3-2-6-12-30(23)24/h4-5,7-8,10-11,14,22H,2-3,6,9,12-13,15H2,1H3,(H,27,33). The molecule has 0 saturated heterocycles. The molecule has 5 rings (SSSR count). The maximum absolute atomic E-state index is 14.8. The largest absolute Gasteiger partial charge is 0.326 e. The van der Waals surface area contributed by atoms with Crippen LogP contribution in [0.1, 0.15) is 43.1 Å². The summed E-state index contributed by atoms with van der Waals surface area (Å²) in [5.74, 6) is 0.490. The first-order chi connectivity index (χ1) is 16.0. The molecule has 1 N–H and O–H groups in total. The first-order valence-electron chi connectivity index (χ1n) is 11.4. The number of rotatable bonds is 3. The topological polar surface area (TPSA) is 80.1 Å². The minimum atomic E-state index is -0.629. The number of fused-ring (bicyclic) bond motifs is 2. The van der Waals surface area contributed by atoms with Crippen LogP contribution in [0.3, 0.4) is 0 Å². The lowest BCUT2D eigenvalue weighted by Gasteiger charge is -2.35. The van der Waals surface area contributed by atoms with Crippen molar-refractivity contribution in [2.75, 3.05) is 5.32 Å². The Hall–Kier alpha value is -3.55. The van der Waals surface area contributed by atoms with Crippen molar-refractivity contribution in [3.8, 4) is 11.4 Å². The maximum Gasteiger partial charge on any atom is 0.247 e. The van der Waals surface area contributed by atoms with E-state index in [1.54, 1.807) is 11.0 Å². The molecule has 170 valence electrons. The SMILES string of the molecule is CC(=O)N1Cc2ccccc2CC1C(=O)Nc1ccc(F)c(-c2nnc3n2CCCCC3)c1. The average Bonchev–Trinajstić information content (AvgIpc) is 3.06. The zero-order valence-corrected chi connectivity index (χ0v) is 18.6. The van der Waals surface area contributed by atoms with Crippen molar-refractivity contribution in [2.45, 2.75) is 58.2 Å². The van der Waals surface area contributed by atoms with Gasteiger partial charge in [-0.1, -0.05) is 30.7 Å². The van der Waals surface area contributed by atoms with Gasteiger partial charge in [0.1, 0.15) is 17.7 Å². The quantitative estimate of drug-likeness (QED) is 0.664. The minimum Gasteiger partial charge on any atom is -0.326 e. The van der Waals surface area contributed by atoms with Crippen LogP contribution in [0.5, 0.6) is 0 Å². The highest BCUT2D eigenvalue weighted by atomic mass is 19.1. The van der Waals surface area contributed by atoms with Gasteiger partial charge >= 0.3 is 0 Å². The number of aromatic nitrogens is 3. The monoisotopic (exact) mass is 447 g/mol. The van der Waals surface area contributed by atoms with Crippen LogP contribution in [0.15, 0.2) is 42.5 Å². The summed E-state index contributed by atoms with van der Waals surface area (Å²) in [5, 5.41) is 11.4. The summed E-state index contributed by atoms with van der Waals surface area (Å²) in [4.78, 5) is 27.1. The zero-order valence-electron chi connectivity index (χ0n) is 18.6. The minimum absolute atomic E-state index is 0.157. The Morgan fingerprint density at radius 2 is 1.88 bits per heavy atom. The molecule has 0 aliphatic carbocycles. The Bertz CT molecular complexity index is 1220. The van der Waals surface area contributed by atoms with Crippen molar-refractivity contribution in [3.63, 3.8) is 0 Å². The van der Waals surface area contributed by atoms with Gasteiger partial charge in [-0.15, -0.1) is 10.2 Å². The molecule has 2 aliphatic heterocycles. The van der Waals surface area contributed by atoms with Crippen molar-refractivity contribution >= 4 is 17.5 Å². The van der Waals surface area contributed by atoms with Gasteiger partial charge in [0.25, 0.3) is 0 Å². The van der Waals surface area contributed by atoms with E-state index >= 15 is 0 Å². The van der Waals surface area contributed by atoms with Crippen LogP contribution in [0.4, 0.5) is 10.1 Å². The molecule has 7 nitrogen and oxygen atoms in total. The molecule has 0 bridgehead atoms. The fourth-order valence-corrected chi connectivity index (χ4v) is 4.77. The van der Waals surface area contributed by atoms with Crippen LogP contribution in [0.25, 0.3) is 11.4 Å². The molecular formula is C25H26FN5O2. The highest BCUT2D eigenvalue weighted by Gasteiger charge is 2.33. The summed E-state index contributed by atoms with van der Waals surface area (Å²) >= 11 is 0. The summed E-state index contributed by atoms with van der Waals surface area (Å²) in [5.41, 5.74) is 2.88. The molecule has 2 aromatic carbocycles. The number of carbonyl (C=O) groups is 2. The van der Waals surface area contributed by atoms with E-state index in [-0.39, 0.29) is 11.8 Å². The third-order valence-corrected chi connectivity index (χ3v) is 6.54. The van der Waals surface area contributed by atoms with Crippen LogP contribution in [0.2, 0.25) is 0 Å². The van der Waals surface area contributed by atoms with E-state index in [9.17, 15) is 14.0 Å². The third-order valence-electron chi connectivity index (χ3n) is 6.54. The number of carbonyl (C=O) groups excluding carboxylic acids is 2. The zero-order chi connectivity index (χ0) is 22.9. The van der Waals surface area contributed by atoms with Crippen molar-refractivity contribution < 1.29 is 14.0 Å². The van der Waals surface area contributed by atoms with E-state index in [4.69, 9.17) is 0 Å². The van der Waals surface area contributed by atoms with Crippen molar-refractivity contribution in [1.29, 1.82) is 0 Å². The first-order valence-corrected chi connectivity index (χ1v) is 11.4. The Morgan fingerprint density at radius 1 is 1.06 bits per heavy atom. The van der Waals surface area contributed by atoms with Crippen molar-refractivity contribution in [1.82, 2.24) is 19.7 Å². The first kappa shape index (κ1) is 21.3. The third kappa shape index (κ3) is 4.13. The fraction of sp³-hybridized carbons (Fsp3) is 0.360. The van der Waals surface area contributed by atoms with E-state index < -0.39 is 11.9 Å². The molecule has 8 heteroatoms. The van der Waals surface area contributed by atoms with E-state index in [0.717, 1.165) is 49.2 Å².